The molecule has 26 heavy (non-hydrogen) atoms. The molecular formula is C22H24N2O2. The Balaban J connectivity index is 1.47. The van der Waals surface area contributed by atoms with Crippen LogP contribution in [0.5, 0.6) is 11.5 Å². The molecule has 1 unspecified atom stereocenters. The van der Waals surface area contributed by atoms with E-state index >= 15 is 0 Å². The highest BCUT2D eigenvalue weighted by Crippen LogP contribution is 2.32. The zero-order valence-corrected chi connectivity index (χ0v) is 15.3. The SMILES string of the molecule is COc1ccccc1OCC1CCN(c2cc(C)nc3ccccc23)C1. The number of fused-ring (bicyclic) bond motifs is 1. The third-order valence-corrected chi connectivity index (χ3v) is 4.99. The first-order valence-corrected chi connectivity index (χ1v) is 9.12. The van der Waals surface area contributed by atoms with Gasteiger partial charge in [-0.3, -0.25) is 4.98 Å². The van der Waals surface area contributed by atoms with E-state index in [-0.39, 0.29) is 0 Å². The zero-order valence-electron chi connectivity index (χ0n) is 15.3. The van der Waals surface area contributed by atoms with E-state index in [1.165, 1.54) is 11.1 Å². The summed E-state index contributed by atoms with van der Waals surface area (Å²) in [4.78, 5) is 7.12. The Kier molecular flexibility index (Phi) is 4.65. The van der Waals surface area contributed by atoms with Crippen LogP contribution in [-0.2, 0) is 0 Å². The van der Waals surface area contributed by atoms with Crippen LogP contribution in [0.3, 0.4) is 0 Å². The average molecular weight is 348 g/mol. The second-order valence-electron chi connectivity index (χ2n) is 6.86. The molecule has 2 heterocycles. The molecule has 1 atom stereocenters. The lowest BCUT2D eigenvalue weighted by Gasteiger charge is -2.21. The number of nitrogens with zero attached hydrogens (tertiary/aromatic N) is 2. The van der Waals surface area contributed by atoms with Crippen molar-refractivity contribution in [3.63, 3.8) is 0 Å². The number of aromatic nitrogens is 1. The van der Waals surface area contributed by atoms with Crippen LogP contribution in [0, 0.1) is 12.8 Å². The molecule has 0 spiro atoms. The van der Waals surface area contributed by atoms with Crippen LogP contribution >= 0.6 is 0 Å². The number of methoxy groups -OCH3 is 1. The predicted octanol–water partition coefficient (Wildman–Crippen LogP) is 4.46. The molecule has 134 valence electrons. The van der Waals surface area contributed by atoms with Crippen molar-refractivity contribution < 1.29 is 9.47 Å². The van der Waals surface area contributed by atoms with Crippen LogP contribution in [0.4, 0.5) is 5.69 Å². The molecule has 0 aliphatic carbocycles. The minimum atomic E-state index is 0.507. The van der Waals surface area contributed by atoms with Gasteiger partial charge in [-0.05, 0) is 37.6 Å². The van der Waals surface area contributed by atoms with E-state index in [0.717, 1.165) is 42.2 Å². The van der Waals surface area contributed by atoms with Crippen molar-refractivity contribution in [2.45, 2.75) is 13.3 Å². The average Bonchev–Trinajstić information content (AvgIpc) is 3.14. The molecule has 1 aromatic heterocycles. The predicted molar refractivity (Wildman–Crippen MR) is 105 cm³/mol. The molecule has 3 aromatic rings. The Morgan fingerprint density at radius 3 is 2.69 bits per heavy atom. The maximum Gasteiger partial charge on any atom is 0.161 e. The summed E-state index contributed by atoms with van der Waals surface area (Å²) < 4.78 is 11.4. The van der Waals surface area contributed by atoms with Crippen molar-refractivity contribution in [1.82, 2.24) is 4.98 Å². The van der Waals surface area contributed by atoms with Crippen molar-refractivity contribution in [3.8, 4) is 11.5 Å². The van der Waals surface area contributed by atoms with Gasteiger partial charge in [0.05, 0.1) is 19.2 Å². The fraction of sp³-hybridized carbons (Fsp3) is 0.318. The molecular weight excluding hydrogens is 324 g/mol. The number of hydrogen-bond donors (Lipinski definition) is 0. The van der Waals surface area contributed by atoms with E-state index in [4.69, 9.17) is 9.47 Å². The van der Waals surface area contributed by atoms with Gasteiger partial charge in [-0.15, -0.1) is 0 Å². The quantitative estimate of drug-likeness (QED) is 0.682. The summed E-state index contributed by atoms with van der Waals surface area (Å²) in [5.74, 6) is 2.11. The molecule has 4 nitrogen and oxygen atoms in total. The summed E-state index contributed by atoms with van der Waals surface area (Å²) in [5.41, 5.74) is 3.41. The Bertz CT molecular complexity index is 910. The van der Waals surface area contributed by atoms with Crippen LogP contribution in [0.25, 0.3) is 10.9 Å². The van der Waals surface area contributed by atoms with Gasteiger partial charge >= 0.3 is 0 Å². The van der Waals surface area contributed by atoms with Gasteiger partial charge in [0, 0.05) is 35.8 Å². The van der Waals surface area contributed by atoms with E-state index in [1.807, 2.05) is 30.3 Å². The van der Waals surface area contributed by atoms with E-state index in [9.17, 15) is 0 Å². The monoisotopic (exact) mass is 348 g/mol. The van der Waals surface area contributed by atoms with Crippen LogP contribution < -0.4 is 14.4 Å². The minimum absolute atomic E-state index is 0.507. The number of para-hydroxylation sites is 3. The van der Waals surface area contributed by atoms with E-state index in [2.05, 4.69) is 41.1 Å². The third kappa shape index (κ3) is 3.32. The van der Waals surface area contributed by atoms with Gasteiger partial charge in [0.1, 0.15) is 0 Å². The number of anilines is 1. The summed E-state index contributed by atoms with van der Waals surface area (Å²) in [6.07, 6.45) is 1.13. The molecule has 1 fully saturated rings. The Hall–Kier alpha value is -2.75. The standard InChI is InChI=1S/C22H24N2O2/c1-16-13-20(18-7-3-4-8-19(18)23-16)24-12-11-17(14-24)15-26-22-10-6-5-9-21(22)25-2/h3-10,13,17H,11-12,14-15H2,1-2H3. The van der Waals surface area contributed by atoms with Crippen molar-refractivity contribution in [1.29, 1.82) is 0 Å². The largest absolute Gasteiger partial charge is 0.493 e. The molecule has 1 saturated heterocycles. The van der Waals surface area contributed by atoms with Crippen LogP contribution in [-0.4, -0.2) is 31.8 Å². The van der Waals surface area contributed by atoms with E-state index in [1.54, 1.807) is 7.11 Å². The van der Waals surface area contributed by atoms with Crippen molar-refractivity contribution >= 4 is 16.6 Å². The second kappa shape index (κ2) is 7.24. The second-order valence-corrected chi connectivity index (χ2v) is 6.86. The normalized spacial score (nSPS) is 16.8. The lowest BCUT2D eigenvalue weighted by Crippen LogP contribution is -2.22. The number of benzene rings is 2. The van der Waals surface area contributed by atoms with Crippen LogP contribution in [0.15, 0.2) is 54.6 Å². The first kappa shape index (κ1) is 16.7. The zero-order chi connectivity index (χ0) is 17.9. The topological polar surface area (TPSA) is 34.6 Å². The van der Waals surface area contributed by atoms with Gasteiger partial charge in [0.2, 0.25) is 0 Å². The number of rotatable bonds is 5. The summed E-state index contributed by atoms with van der Waals surface area (Å²) in [6.45, 7) is 4.82. The lowest BCUT2D eigenvalue weighted by atomic mass is 10.1. The van der Waals surface area contributed by atoms with Gasteiger partial charge in [-0.1, -0.05) is 30.3 Å². The van der Waals surface area contributed by atoms with E-state index in [0.29, 0.717) is 12.5 Å². The first-order chi connectivity index (χ1) is 12.7. The van der Waals surface area contributed by atoms with Gasteiger partial charge in [0.25, 0.3) is 0 Å². The summed E-state index contributed by atoms with van der Waals surface area (Å²) in [5, 5.41) is 1.23. The number of pyridine rings is 1. The van der Waals surface area contributed by atoms with Gasteiger partial charge in [-0.25, -0.2) is 0 Å². The summed E-state index contributed by atoms with van der Waals surface area (Å²) >= 11 is 0. The van der Waals surface area contributed by atoms with Crippen LogP contribution in [0.1, 0.15) is 12.1 Å². The maximum absolute atomic E-state index is 6.04. The highest BCUT2D eigenvalue weighted by molar-refractivity contribution is 5.92. The van der Waals surface area contributed by atoms with Gasteiger partial charge in [0.15, 0.2) is 11.5 Å². The lowest BCUT2D eigenvalue weighted by molar-refractivity contribution is 0.248. The molecule has 0 radical (unpaired) electrons. The molecule has 0 saturated carbocycles. The van der Waals surface area contributed by atoms with Crippen molar-refractivity contribution in [3.05, 3.63) is 60.3 Å². The maximum atomic E-state index is 6.04. The highest BCUT2D eigenvalue weighted by Gasteiger charge is 2.25. The van der Waals surface area contributed by atoms with E-state index < -0.39 is 0 Å². The molecule has 1 aliphatic heterocycles. The number of hydrogen-bond acceptors (Lipinski definition) is 4. The highest BCUT2D eigenvalue weighted by atomic mass is 16.5. The number of ether oxygens (including phenoxy) is 2. The smallest absolute Gasteiger partial charge is 0.161 e. The van der Waals surface area contributed by atoms with Crippen molar-refractivity contribution in [2.24, 2.45) is 5.92 Å². The van der Waals surface area contributed by atoms with Crippen LogP contribution in [0.2, 0.25) is 0 Å². The fourth-order valence-electron chi connectivity index (χ4n) is 3.68. The summed E-state index contributed by atoms with van der Waals surface area (Å²) in [7, 11) is 1.68. The molecule has 0 N–H and O–H groups in total. The molecule has 0 bridgehead atoms. The third-order valence-electron chi connectivity index (χ3n) is 4.99. The Morgan fingerprint density at radius 1 is 1.08 bits per heavy atom. The molecule has 4 heteroatoms. The Labute approximate surface area is 154 Å². The summed E-state index contributed by atoms with van der Waals surface area (Å²) in [6, 6.07) is 18.4. The van der Waals surface area contributed by atoms with Gasteiger partial charge < -0.3 is 14.4 Å². The van der Waals surface area contributed by atoms with Crippen molar-refractivity contribution in [2.75, 3.05) is 31.7 Å². The first-order valence-electron chi connectivity index (χ1n) is 9.12. The molecule has 1 aliphatic rings. The van der Waals surface area contributed by atoms with Gasteiger partial charge in [-0.2, -0.15) is 0 Å². The fourth-order valence-corrected chi connectivity index (χ4v) is 3.68. The molecule has 4 rings (SSSR count). The molecule has 0 amide bonds. The minimum Gasteiger partial charge on any atom is -0.493 e. The molecule has 2 aromatic carbocycles. The number of aryl methyl sites for hydroxylation is 1. The Morgan fingerprint density at radius 2 is 1.85 bits per heavy atom.